The van der Waals surface area contributed by atoms with Crippen LogP contribution in [0.2, 0.25) is 0 Å². The first kappa shape index (κ1) is 18.9. The number of morpholine rings is 1. The van der Waals surface area contributed by atoms with E-state index in [0.29, 0.717) is 49.3 Å². The second-order valence-corrected chi connectivity index (χ2v) is 6.43. The van der Waals surface area contributed by atoms with Gasteiger partial charge in [-0.15, -0.1) is 0 Å². The van der Waals surface area contributed by atoms with E-state index < -0.39 is 0 Å². The van der Waals surface area contributed by atoms with E-state index in [9.17, 15) is 4.79 Å². The van der Waals surface area contributed by atoms with E-state index >= 15 is 0 Å². The Bertz CT molecular complexity index is 964. The van der Waals surface area contributed by atoms with Crippen molar-refractivity contribution < 1.29 is 23.5 Å². The highest BCUT2D eigenvalue weighted by Gasteiger charge is 2.19. The standard InChI is InChI=1S/C21H21N3O5/c1-26-16-8-6-15(7-9-16)21-22-20(23-29-21)17-4-2-3-5-18(17)28-14-19(25)24-10-12-27-13-11-24/h2-9H,10-14H2,1H3. The minimum absolute atomic E-state index is 0.0554. The summed E-state index contributed by atoms with van der Waals surface area (Å²) in [5.41, 5.74) is 1.44. The molecule has 1 saturated heterocycles. The van der Waals surface area contributed by atoms with E-state index in [2.05, 4.69) is 10.1 Å². The van der Waals surface area contributed by atoms with Crippen molar-refractivity contribution in [3.63, 3.8) is 0 Å². The molecule has 0 unspecified atom stereocenters. The predicted octanol–water partition coefficient (Wildman–Crippen LogP) is 2.65. The van der Waals surface area contributed by atoms with Crippen LogP contribution in [-0.2, 0) is 9.53 Å². The van der Waals surface area contributed by atoms with Gasteiger partial charge in [-0.2, -0.15) is 4.98 Å². The average molecular weight is 395 g/mol. The lowest BCUT2D eigenvalue weighted by molar-refractivity contribution is -0.137. The molecule has 0 spiro atoms. The van der Waals surface area contributed by atoms with Crippen molar-refractivity contribution in [2.45, 2.75) is 0 Å². The summed E-state index contributed by atoms with van der Waals surface area (Å²) in [5, 5.41) is 4.07. The molecule has 3 aromatic rings. The monoisotopic (exact) mass is 395 g/mol. The molecular weight excluding hydrogens is 374 g/mol. The number of hydrogen-bond acceptors (Lipinski definition) is 7. The van der Waals surface area contributed by atoms with Crippen LogP contribution in [0.25, 0.3) is 22.8 Å². The summed E-state index contributed by atoms with van der Waals surface area (Å²) < 4.78 is 21.6. The maximum atomic E-state index is 12.3. The smallest absolute Gasteiger partial charge is 0.260 e. The molecular formula is C21H21N3O5. The largest absolute Gasteiger partial charge is 0.497 e. The van der Waals surface area contributed by atoms with Crippen LogP contribution >= 0.6 is 0 Å². The van der Waals surface area contributed by atoms with Crippen LogP contribution in [0.15, 0.2) is 53.1 Å². The summed E-state index contributed by atoms with van der Waals surface area (Å²) >= 11 is 0. The molecule has 1 aliphatic rings. The fourth-order valence-corrected chi connectivity index (χ4v) is 3.00. The van der Waals surface area contributed by atoms with Crippen LogP contribution < -0.4 is 9.47 Å². The number of nitrogens with zero attached hydrogens (tertiary/aromatic N) is 3. The summed E-state index contributed by atoms with van der Waals surface area (Å²) in [7, 11) is 1.61. The maximum Gasteiger partial charge on any atom is 0.260 e. The number of ether oxygens (including phenoxy) is 3. The Morgan fingerprint density at radius 2 is 1.86 bits per heavy atom. The van der Waals surface area contributed by atoms with Gasteiger partial charge in [-0.25, -0.2) is 0 Å². The van der Waals surface area contributed by atoms with E-state index in [1.807, 2.05) is 42.5 Å². The zero-order valence-corrected chi connectivity index (χ0v) is 16.0. The van der Waals surface area contributed by atoms with Crippen molar-refractivity contribution in [1.29, 1.82) is 0 Å². The number of aromatic nitrogens is 2. The van der Waals surface area contributed by atoms with E-state index in [-0.39, 0.29) is 12.5 Å². The number of amides is 1. The zero-order valence-electron chi connectivity index (χ0n) is 16.0. The molecule has 29 heavy (non-hydrogen) atoms. The van der Waals surface area contributed by atoms with E-state index in [0.717, 1.165) is 11.3 Å². The fourth-order valence-electron chi connectivity index (χ4n) is 3.00. The highest BCUT2D eigenvalue weighted by atomic mass is 16.5. The Kier molecular flexibility index (Phi) is 5.71. The molecule has 0 bridgehead atoms. The molecule has 1 amide bonds. The number of carbonyl (C=O) groups is 1. The third-order valence-corrected chi connectivity index (χ3v) is 4.61. The number of rotatable bonds is 6. The van der Waals surface area contributed by atoms with Crippen LogP contribution in [0.3, 0.4) is 0 Å². The van der Waals surface area contributed by atoms with Crippen LogP contribution in [0.5, 0.6) is 11.5 Å². The number of hydrogen-bond donors (Lipinski definition) is 0. The van der Waals surface area contributed by atoms with Crippen LogP contribution in [0, 0.1) is 0 Å². The third kappa shape index (κ3) is 4.38. The predicted molar refractivity (Wildman–Crippen MR) is 105 cm³/mol. The Morgan fingerprint density at radius 1 is 1.10 bits per heavy atom. The first-order valence-corrected chi connectivity index (χ1v) is 9.30. The van der Waals surface area contributed by atoms with Crippen molar-refractivity contribution >= 4 is 5.91 Å². The summed E-state index contributed by atoms with van der Waals surface area (Å²) in [6.07, 6.45) is 0. The normalized spacial score (nSPS) is 13.9. The first-order chi connectivity index (χ1) is 14.2. The molecule has 1 aromatic heterocycles. The second-order valence-electron chi connectivity index (χ2n) is 6.43. The molecule has 150 valence electrons. The Balaban J connectivity index is 1.49. The minimum Gasteiger partial charge on any atom is -0.497 e. The number of carbonyl (C=O) groups excluding carboxylic acids is 1. The highest BCUT2D eigenvalue weighted by molar-refractivity contribution is 5.78. The van der Waals surface area contributed by atoms with E-state index in [4.69, 9.17) is 18.7 Å². The Morgan fingerprint density at radius 3 is 2.62 bits per heavy atom. The molecule has 8 heteroatoms. The Hall–Kier alpha value is -3.39. The maximum absolute atomic E-state index is 12.3. The molecule has 8 nitrogen and oxygen atoms in total. The van der Waals surface area contributed by atoms with Gasteiger partial charge in [-0.05, 0) is 36.4 Å². The summed E-state index contributed by atoms with van der Waals surface area (Å²) in [4.78, 5) is 18.6. The van der Waals surface area contributed by atoms with Gasteiger partial charge in [0.15, 0.2) is 6.61 Å². The molecule has 0 N–H and O–H groups in total. The van der Waals surface area contributed by atoms with E-state index in [1.54, 1.807) is 18.1 Å². The molecule has 1 aliphatic heterocycles. The van der Waals surface area contributed by atoms with Gasteiger partial charge in [-0.3, -0.25) is 4.79 Å². The van der Waals surface area contributed by atoms with Gasteiger partial charge in [0.05, 0.1) is 25.9 Å². The van der Waals surface area contributed by atoms with Crippen molar-refractivity contribution in [2.24, 2.45) is 0 Å². The molecule has 2 heterocycles. The minimum atomic E-state index is -0.0739. The summed E-state index contributed by atoms with van der Waals surface area (Å²) in [5.74, 6) is 1.98. The lowest BCUT2D eigenvalue weighted by Crippen LogP contribution is -2.43. The van der Waals surface area contributed by atoms with Gasteiger partial charge in [0.25, 0.3) is 11.8 Å². The molecule has 0 radical (unpaired) electrons. The van der Waals surface area contributed by atoms with Gasteiger partial charge in [-0.1, -0.05) is 17.3 Å². The van der Waals surface area contributed by atoms with Gasteiger partial charge in [0, 0.05) is 18.7 Å². The van der Waals surface area contributed by atoms with Crippen LogP contribution in [-0.4, -0.2) is 61.0 Å². The lowest BCUT2D eigenvalue weighted by atomic mass is 10.2. The van der Waals surface area contributed by atoms with E-state index in [1.165, 1.54) is 0 Å². The lowest BCUT2D eigenvalue weighted by Gasteiger charge is -2.26. The quantitative estimate of drug-likeness (QED) is 0.634. The molecule has 2 aromatic carbocycles. The van der Waals surface area contributed by atoms with Gasteiger partial charge < -0.3 is 23.6 Å². The van der Waals surface area contributed by atoms with Crippen LogP contribution in [0.4, 0.5) is 0 Å². The van der Waals surface area contributed by atoms with Crippen molar-refractivity contribution in [3.8, 4) is 34.3 Å². The van der Waals surface area contributed by atoms with Gasteiger partial charge in [0.2, 0.25) is 5.82 Å². The Labute approximate surface area is 168 Å². The zero-order chi connectivity index (χ0) is 20.1. The number of benzene rings is 2. The molecule has 1 fully saturated rings. The first-order valence-electron chi connectivity index (χ1n) is 9.30. The number of para-hydroxylation sites is 1. The fraction of sp³-hybridized carbons (Fsp3) is 0.286. The summed E-state index contributed by atoms with van der Waals surface area (Å²) in [6, 6.07) is 14.7. The van der Waals surface area contributed by atoms with Gasteiger partial charge >= 0.3 is 0 Å². The SMILES string of the molecule is COc1ccc(-c2nc(-c3ccccc3OCC(=O)N3CCOCC3)no2)cc1. The molecule has 0 saturated carbocycles. The third-order valence-electron chi connectivity index (χ3n) is 4.61. The molecule has 4 rings (SSSR count). The highest BCUT2D eigenvalue weighted by Crippen LogP contribution is 2.30. The van der Waals surface area contributed by atoms with Crippen molar-refractivity contribution in [1.82, 2.24) is 15.0 Å². The van der Waals surface area contributed by atoms with Crippen molar-refractivity contribution in [2.75, 3.05) is 40.0 Å². The van der Waals surface area contributed by atoms with Crippen LogP contribution in [0.1, 0.15) is 0 Å². The van der Waals surface area contributed by atoms with Gasteiger partial charge in [0.1, 0.15) is 11.5 Å². The molecule has 0 atom stereocenters. The second kappa shape index (κ2) is 8.74. The number of methoxy groups -OCH3 is 1. The topological polar surface area (TPSA) is 86.9 Å². The molecule has 0 aliphatic carbocycles. The van der Waals surface area contributed by atoms with Crippen molar-refractivity contribution in [3.05, 3.63) is 48.5 Å². The summed E-state index contributed by atoms with van der Waals surface area (Å²) in [6.45, 7) is 2.22. The average Bonchev–Trinajstić information content (AvgIpc) is 3.28.